The van der Waals surface area contributed by atoms with Gasteiger partial charge in [0.25, 0.3) is 0 Å². The average molecular weight is 268 g/mol. The first-order valence-corrected chi connectivity index (χ1v) is 8.52. The van der Waals surface area contributed by atoms with Gasteiger partial charge in [-0.25, -0.2) is 0 Å². The molecular weight excluding hydrogens is 232 g/mol. The summed E-state index contributed by atoms with van der Waals surface area (Å²) in [7, 11) is 0. The van der Waals surface area contributed by atoms with Gasteiger partial charge in [0.05, 0.1) is 0 Å². The molecule has 1 fully saturated rings. The van der Waals surface area contributed by atoms with Gasteiger partial charge in [0.2, 0.25) is 0 Å². The second-order valence-corrected chi connectivity index (χ2v) is 7.05. The lowest BCUT2D eigenvalue weighted by atomic mass is 9.83. The third kappa shape index (κ3) is 6.27. The molecule has 19 heavy (non-hydrogen) atoms. The van der Waals surface area contributed by atoms with Crippen molar-refractivity contribution in [2.45, 2.75) is 78.8 Å². The van der Waals surface area contributed by atoms with Crippen LogP contribution >= 0.6 is 0 Å². The van der Waals surface area contributed by atoms with Gasteiger partial charge in [0.1, 0.15) is 0 Å². The molecule has 1 aliphatic rings. The summed E-state index contributed by atoms with van der Waals surface area (Å²) in [6, 6.07) is 1.44. The number of rotatable bonds is 8. The largest absolute Gasteiger partial charge is 0.314 e. The van der Waals surface area contributed by atoms with Crippen molar-refractivity contribution in [3.05, 3.63) is 0 Å². The third-order valence-corrected chi connectivity index (χ3v) is 4.36. The zero-order valence-electron chi connectivity index (χ0n) is 13.9. The topological polar surface area (TPSA) is 15.3 Å². The first kappa shape index (κ1) is 17.0. The molecule has 2 unspecified atom stereocenters. The summed E-state index contributed by atoms with van der Waals surface area (Å²) >= 11 is 0. The summed E-state index contributed by atoms with van der Waals surface area (Å²) in [6.07, 6.45) is 6.91. The molecule has 0 spiro atoms. The van der Waals surface area contributed by atoms with E-state index in [4.69, 9.17) is 0 Å². The third-order valence-electron chi connectivity index (χ3n) is 4.36. The highest BCUT2D eigenvalue weighted by atomic mass is 15.2. The second-order valence-electron chi connectivity index (χ2n) is 7.05. The van der Waals surface area contributed by atoms with Gasteiger partial charge in [0, 0.05) is 25.2 Å². The standard InChI is InChI=1S/C17H36N2/c1-6-11-18-17-10-8-7-9-16(17)13-19(15(4)5)12-14(2)3/h14-18H,6-13H2,1-5H3. The van der Waals surface area contributed by atoms with Crippen LogP contribution in [0.5, 0.6) is 0 Å². The highest BCUT2D eigenvalue weighted by Gasteiger charge is 2.27. The lowest BCUT2D eigenvalue weighted by Gasteiger charge is -2.38. The molecule has 1 rings (SSSR count). The second kappa shape index (κ2) is 8.97. The van der Waals surface area contributed by atoms with E-state index in [9.17, 15) is 0 Å². The zero-order valence-corrected chi connectivity index (χ0v) is 13.9. The fourth-order valence-electron chi connectivity index (χ4n) is 3.29. The Hall–Kier alpha value is -0.0800. The SMILES string of the molecule is CCCNC1CCCCC1CN(CC(C)C)C(C)C. The highest BCUT2D eigenvalue weighted by Crippen LogP contribution is 2.26. The van der Waals surface area contributed by atoms with E-state index in [0.717, 1.165) is 17.9 Å². The summed E-state index contributed by atoms with van der Waals surface area (Å²) in [5, 5.41) is 3.79. The molecule has 1 N–H and O–H groups in total. The molecule has 114 valence electrons. The van der Waals surface area contributed by atoms with Crippen LogP contribution in [-0.4, -0.2) is 36.6 Å². The van der Waals surface area contributed by atoms with Gasteiger partial charge in [-0.3, -0.25) is 0 Å². The predicted octanol–water partition coefficient (Wildman–Crippen LogP) is 3.91. The molecule has 0 bridgehead atoms. The van der Waals surface area contributed by atoms with Crippen LogP contribution in [0, 0.1) is 11.8 Å². The highest BCUT2D eigenvalue weighted by molar-refractivity contribution is 4.84. The van der Waals surface area contributed by atoms with Crippen LogP contribution in [0.15, 0.2) is 0 Å². The van der Waals surface area contributed by atoms with Gasteiger partial charge < -0.3 is 10.2 Å². The maximum absolute atomic E-state index is 3.79. The van der Waals surface area contributed by atoms with Crippen LogP contribution in [-0.2, 0) is 0 Å². The Bertz CT molecular complexity index is 225. The smallest absolute Gasteiger partial charge is 0.0107 e. The van der Waals surface area contributed by atoms with Crippen LogP contribution in [0.2, 0.25) is 0 Å². The van der Waals surface area contributed by atoms with E-state index in [1.54, 1.807) is 0 Å². The number of hydrogen-bond donors (Lipinski definition) is 1. The Morgan fingerprint density at radius 1 is 1.11 bits per heavy atom. The van der Waals surface area contributed by atoms with Crippen molar-refractivity contribution in [3.8, 4) is 0 Å². The first-order valence-electron chi connectivity index (χ1n) is 8.52. The number of hydrogen-bond acceptors (Lipinski definition) is 2. The monoisotopic (exact) mass is 268 g/mol. The van der Waals surface area contributed by atoms with Gasteiger partial charge >= 0.3 is 0 Å². The summed E-state index contributed by atoms with van der Waals surface area (Å²) < 4.78 is 0. The molecule has 0 heterocycles. The minimum Gasteiger partial charge on any atom is -0.314 e. The Morgan fingerprint density at radius 3 is 2.37 bits per heavy atom. The lowest BCUT2D eigenvalue weighted by molar-refractivity contribution is 0.129. The molecule has 2 nitrogen and oxygen atoms in total. The fraction of sp³-hybridized carbons (Fsp3) is 1.00. The van der Waals surface area contributed by atoms with Crippen molar-refractivity contribution in [1.82, 2.24) is 10.2 Å². The Morgan fingerprint density at radius 2 is 1.79 bits per heavy atom. The van der Waals surface area contributed by atoms with E-state index in [1.807, 2.05) is 0 Å². The molecule has 2 heteroatoms. The average Bonchev–Trinajstić information content (AvgIpc) is 2.36. The maximum atomic E-state index is 3.79. The van der Waals surface area contributed by atoms with Crippen molar-refractivity contribution in [2.75, 3.05) is 19.6 Å². The van der Waals surface area contributed by atoms with Gasteiger partial charge in [-0.05, 0) is 51.5 Å². The molecule has 1 saturated carbocycles. The van der Waals surface area contributed by atoms with E-state index >= 15 is 0 Å². The first-order chi connectivity index (χ1) is 9.04. The minimum atomic E-state index is 0.677. The van der Waals surface area contributed by atoms with Crippen molar-refractivity contribution in [1.29, 1.82) is 0 Å². The molecule has 0 aliphatic heterocycles. The summed E-state index contributed by atoms with van der Waals surface area (Å²) in [5.74, 6) is 1.63. The Balaban J connectivity index is 2.52. The molecule has 0 saturated heterocycles. The molecule has 1 aliphatic carbocycles. The molecular formula is C17H36N2. The van der Waals surface area contributed by atoms with E-state index < -0.39 is 0 Å². The van der Waals surface area contributed by atoms with Crippen LogP contribution in [0.25, 0.3) is 0 Å². The molecule has 0 aromatic rings. The Labute approximate surface area is 121 Å². The number of nitrogens with one attached hydrogen (secondary N) is 1. The lowest BCUT2D eigenvalue weighted by Crippen LogP contribution is -2.46. The molecule has 0 amide bonds. The Kier molecular flexibility index (Phi) is 8.01. The van der Waals surface area contributed by atoms with Crippen LogP contribution < -0.4 is 5.32 Å². The summed E-state index contributed by atoms with van der Waals surface area (Å²) in [6.45, 7) is 15.4. The molecule has 2 atom stereocenters. The molecule has 0 aromatic heterocycles. The summed E-state index contributed by atoms with van der Waals surface area (Å²) in [5.41, 5.74) is 0. The van der Waals surface area contributed by atoms with Gasteiger partial charge in [0.15, 0.2) is 0 Å². The van der Waals surface area contributed by atoms with Crippen LogP contribution in [0.1, 0.15) is 66.7 Å². The maximum Gasteiger partial charge on any atom is 0.0107 e. The fourth-order valence-corrected chi connectivity index (χ4v) is 3.29. The van der Waals surface area contributed by atoms with E-state index in [-0.39, 0.29) is 0 Å². The van der Waals surface area contributed by atoms with Gasteiger partial charge in [-0.1, -0.05) is 33.6 Å². The van der Waals surface area contributed by atoms with Crippen LogP contribution in [0.4, 0.5) is 0 Å². The zero-order chi connectivity index (χ0) is 14.3. The van der Waals surface area contributed by atoms with Crippen molar-refractivity contribution in [3.63, 3.8) is 0 Å². The van der Waals surface area contributed by atoms with E-state index in [1.165, 1.54) is 51.7 Å². The molecule has 0 aromatic carbocycles. The van der Waals surface area contributed by atoms with Crippen molar-refractivity contribution < 1.29 is 0 Å². The van der Waals surface area contributed by atoms with Gasteiger partial charge in [-0.2, -0.15) is 0 Å². The predicted molar refractivity (Wildman–Crippen MR) is 85.6 cm³/mol. The normalized spacial score (nSPS) is 24.6. The number of nitrogens with zero attached hydrogens (tertiary/aromatic N) is 1. The van der Waals surface area contributed by atoms with E-state index in [0.29, 0.717) is 6.04 Å². The quantitative estimate of drug-likeness (QED) is 0.718. The van der Waals surface area contributed by atoms with Crippen LogP contribution in [0.3, 0.4) is 0 Å². The summed E-state index contributed by atoms with van der Waals surface area (Å²) in [4.78, 5) is 2.70. The molecule has 0 radical (unpaired) electrons. The van der Waals surface area contributed by atoms with Gasteiger partial charge in [-0.15, -0.1) is 0 Å². The van der Waals surface area contributed by atoms with E-state index in [2.05, 4.69) is 44.8 Å². The minimum absolute atomic E-state index is 0.677. The van der Waals surface area contributed by atoms with Crippen molar-refractivity contribution in [2.24, 2.45) is 11.8 Å². The van der Waals surface area contributed by atoms with Crippen molar-refractivity contribution >= 4 is 0 Å².